The van der Waals surface area contributed by atoms with E-state index in [2.05, 4.69) is 32.2 Å². The van der Waals surface area contributed by atoms with Crippen LogP contribution in [-0.4, -0.2) is 70.0 Å². The van der Waals surface area contributed by atoms with Crippen LogP contribution in [-0.2, 0) is 11.3 Å². The van der Waals surface area contributed by atoms with Crippen LogP contribution in [0.1, 0.15) is 19.4 Å². The zero-order chi connectivity index (χ0) is 20.4. The Morgan fingerprint density at radius 3 is 2.68 bits per heavy atom. The summed E-state index contributed by atoms with van der Waals surface area (Å²) < 4.78 is 40.5. The van der Waals surface area contributed by atoms with Gasteiger partial charge in [-0.1, -0.05) is 0 Å². The van der Waals surface area contributed by atoms with Crippen molar-refractivity contribution in [1.29, 1.82) is 0 Å². The summed E-state index contributed by atoms with van der Waals surface area (Å²) >= 11 is 0. The summed E-state index contributed by atoms with van der Waals surface area (Å²) in [6.45, 7) is 6.14. The number of nitrogens with one attached hydrogen (secondary N) is 2. The first kappa shape index (κ1) is 22.2. The molecule has 2 N–H and O–H groups in total. The van der Waals surface area contributed by atoms with Gasteiger partial charge >= 0.3 is 6.61 Å². The molecule has 0 saturated carbocycles. The average Bonchev–Trinajstić information content (AvgIpc) is 2.71. The van der Waals surface area contributed by atoms with Gasteiger partial charge in [0, 0.05) is 37.8 Å². The number of guanidine groups is 1. The molecule has 1 atom stereocenters. The zero-order valence-electron chi connectivity index (χ0n) is 16.7. The minimum Gasteiger partial charge on any atom is -0.497 e. The van der Waals surface area contributed by atoms with Crippen molar-refractivity contribution in [2.75, 3.05) is 46.5 Å². The summed E-state index contributed by atoms with van der Waals surface area (Å²) in [6, 6.07) is 5.03. The molecule has 1 saturated heterocycles. The van der Waals surface area contributed by atoms with Crippen LogP contribution in [0, 0.1) is 0 Å². The first-order valence-corrected chi connectivity index (χ1v) is 9.49. The largest absolute Gasteiger partial charge is 0.497 e. The van der Waals surface area contributed by atoms with Crippen molar-refractivity contribution < 1.29 is 23.0 Å². The van der Waals surface area contributed by atoms with Crippen LogP contribution in [0.4, 0.5) is 8.78 Å². The fourth-order valence-corrected chi connectivity index (χ4v) is 2.92. The van der Waals surface area contributed by atoms with Gasteiger partial charge in [0.15, 0.2) is 5.96 Å². The van der Waals surface area contributed by atoms with E-state index in [9.17, 15) is 8.78 Å². The molecule has 158 valence electrons. The molecule has 1 heterocycles. The van der Waals surface area contributed by atoms with Crippen LogP contribution in [0.5, 0.6) is 11.5 Å². The molecule has 1 unspecified atom stereocenters. The number of nitrogens with zero attached hydrogens (tertiary/aromatic N) is 2. The number of morpholine rings is 1. The van der Waals surface area contributed by atoms with Crippen LogP contribution in [0.2, 0.25) is 0 Å². The number of rotatable bonds is 9. The topological polar surface area (TPSA) is 67.4 Å². The Balaban J connectivity index is 2.02. The average molecular weight is 400 g/mol. The van der Waals surface area contributed by atoms with E-state index in [4.69, 9.17) is 9.47 Å². The van der Waals surface area contributed by atoms with E-state index in [1.54, 1.807) is 12.1 Å². The zero-order valence-corrected chi connectivity index (χ0v) is 16.7. The van der Waals surface area contributed by atoms with Crippen molar-refractivity contribution in [3.63, 3.8) is 0 Å². The van der Waals surface area contributed by atoms with Crippen LogP contribution >= 0.6 is 0 Å². The molecule has 1 aromatic rings. The maximum Gasteiger partial charge on any atom is 0.387 e. The van der Waals surface area contributed by atoms with E-state index < -0.39 is 6.61 Å². The summed E-state index contributed by atoms with van der Waals surface area (Å²) in [5.41, 5.74) is 0.526. The van der Waals surface area contributed by atoms with Gasteiger partial charge in [-0.3, -0.25) is 4.90 Å². The smallest absolute Gasteiger partial charge is 0.387 e. The van der Waals surface area contributed by atoms with E-state index in [0.29, 0.717) is 36.4 Å². The molecule has 0 aliphatic carbocycles. The predicted octanol–water partition coefficient (Wildman–Crippen LogP) is 2.07. The van der Waals surface area contributed by atoms with E-state index in [1.807, 2.05) is 6.92 Å². The van der Waals surface area contributed by atoms with Gasteiger partial charge in [-0.15, -0.1) is 0 Å². The Labute approximate surface area is 165 Å². The highest BCUT2D eigenvalue weighted by molar-refractivity contribution is 5.79. The first-order valence-electron chi connectivity index (χ1n) is 9.49. The molecular weight excluding hydrogens is 370 g/mol. The summed E-state index contributed by atoms with van der Waals surface area (Å²) in [7, 11) is 1.52. The van der Waals surface area contributed by atoms with E-state index in [-0.39, 0.29) is 12.3 Å². The minimum atomic E-state index is -2.89. The molecule has 0 bridgehead atoms. The van der Waals surface area contributed by atoms with Crippen molar-refractivity contribution in [1.82, 2.24) is 15.5 Å². The number of methoxy groups -OCH3 is 1. The van der Waals surface area contributed by atoms with E-state index in [0.717, 1.165) is 26.3 Å². The van der Waals surface area contributed by atoms with Gasteiger partial charge in [-0.05, 0) is 32.0 Å². The number of alkyl halides is 2. The molecule has 0 aromatic heterocycles. The third kappa shape index (κ3) is 7.12. The summed E-state index contributed by atoms with van der Waals surface area (Å²) in [4.78, 5) is 6.87. The predicted molar refractivity (Wildman–Crippen MR) is 104 cm³/mol. The molecule has 2 rings (SSSR count). The van der Waals surface area contributed by atoms with Crippen LogP contribution in [0.15, 0.2) is 23.2 Å². The van der Waals surface area contributed by atoms with E-state index in [1.165, 1.54) is 13.2 Å². The van der Waals surface area contributed by atoms with Gasteiger partial charge in [0.25, 0.3) is 0 Å². The van der Waals surface area contributed by atoms with Gasteiger partial charge in [0.1, 0.15) is 11.5 Å². The SMILES string of the molecule is CCNC(=NCc1cc(OC)ccc1OC(F)F)NCC(C)N1CCOCC1. The van der Waals surface area contributed by atoms with Gasteiger partial charge in [-0.2, -0.15) is 8.78 Å². The lowest BCUT2D eigenvalue weighted by molar-refractivity contribution is -0.0504. The molecular formula is C19H30F2N4O3. The van der Waals surface area contributed by atoms with Crippen LogP contribution in [0.25, 0.3) is 0 Å². The van der Waals surface area contributed by atoms with Crippen molar-refractivity contribution in [2.45, 2.75) is 33.0 Å². The van der Waals surface area contributed by atoms with Crippen molar-refractivity contribution >= 4 is 5.96 Å². The lowest BCUT2D eigenvalue weighted by atomic mass is 10.2. The molecule has 9 heteroatoms. The Morgan fingerprint density at radius 1 is 1.29 bits per heavy atom. The minimum absolute atomic E-state index is 0.0945. The summed E-state index contributed by atoms with van der Waals surface area (Å²) in [5, 5.41) is 6.49. The fourth-order valence-electron chi connectivity index (χ4n) is 2.92. The third-order valence-electron chi connectivity index (χ3n) is 4.47. The molecule has 7 nitrogen and oxygen atoms in total. The molecule has 1 aliphatic heterocycles. The first-order chi connectivity index (χ1) is 13.5. The Bertz CT molecular complexity index is 625. The molecule has 1 fully saturated rings. The van der Waals surface area contributed by atoms with Crippen molar-refractivity contribution in [3.8, 4) is 11.5 Å². The highest BCUT2D eigenvalue weighted by atomic mass is 19.3. The normalized spacial score (nSPS) is 16.7. The Kier molecular flexibility index (Phi) is 9.22. The van der Waals surface area contributed by atoms with Gasteiger partial charge in [0.05, 0.1) is 26.9 Å². The molecule has 1 aliphatic rings. The van der Waals surface area contributed by atoms with Gasteiger partial charge in [-0.25, -0.2) is 4.99 Å². The number of benzene rings is 1. The quantitative estimate of drug-likeness (QED) is 0.489. The number of halogens is 2. The molecule has 28 heavy (non-hydrogen) atoms. The summed E-state index contributed by atoms with van der Waals surface area (Å²) in [5.74, 6) is 1.27. The lowest BCUT2D eigenvalue weighted by Crippen LogP contribution is -2.49. The monoisotopic (exact) mass is 400 g/mol. The standard InChI is InChI=1S/C19H30F2N4O3/c1-4-22-19(23-12-14(2)25-7-9-27-10-8-25)24-13-15-11-16(26-3)5-6-17(15)28-18(20)21/h5-6,11,14,18H,4,7-10,12-13H2,1-3H3,(H2,22,23,24). The molecule has 0 radical (unpaired) electrons. The van der Waals surface area contributed by atoms with Crippen molar-refractivity contribution in [2.24, 2.45) is 4.99 Å². The highest BCUT2D eigenvalue weighted by Crippen LogP contribution is 2.26. The highest BCUT2D eigenvalue weighted by Gasteiger charge is 2.17. The van der Waals surface area contributed by atoms with Crippen molar-refractivity contribution in [3.05, 3.63) is 23.8 Å². The number of hydrogen-bond acceptors (Lipinski definition) is 5. The number of aliphatic imine (C=N–C) groups is 1. The second-order valence-electron chi connectivity index (χ2n) is 6.43. The van der Waals surface area contributed by atoms with E-state index >= 15 is 0 Å². The Hall–Kier alpha value is -2.13. The number of ether oxygens (including phenoxy) is 3. The molecule has 1 aromatic carbocycles. The van der Waals surface area contributed by atoms with Crippen LogP contribution in [0.3, 0.4) is 0 Å². The second kappa shape index (κ2) is 11.7. The van der Waals surface area contributed by atoms with Gasteiger partial charge < -0.3 is 24.8 Å². The number of hydrogen-bond donors (Lipinski definition) is 2. The third-order valence-corrected chi connectivity index (χ3v) is 4.47. The summed E-state index contributed by atoms with van der Waals surface area (Å²) in [6.07, 6.45) is 0. The molecule has 0 amide bonds. The maximum atomic E-state index is 12.7. The lowest BCUT2D eigenvalue weighted by Gasteiger charge is -2.32. The van der Waals surface area contributed by atoms with Crippen LogP contribution < -0.4 is 20.1 Å². The van der Waals surface area contributed by atoms with Gasteiger partial charge in [0.2, 0.25) is 0 Å². The maximum absolute atomic E-state index is 12.7. The second-order valence-corrected chi connectivity index (χ2v) is 6.43. The Morgan fingerprint density at radius 2 is 2.04 bits per heavy atom. The fraction of sp³-hybridized carbons (Fsp3) is 0.632. The molecule has 0 spiro atoms.